The van der Waals surface area contributed by atoms with Crippen molar-refractivity contribution in [3.8, 4) is 0 Å². The lowest BCUT2D eigenvalue weighted by molar-refractivity contribution is -0.137. The summed E-state index contributed by atoms with van der Waals surface area (Å²) < 4.78 is 37.6. The minimum atomic E-state index is -4.39. The number of rotatable bonds is 4. The summed E-state index contributed by atoms with van der Waals surface area (Å²) in [7, 11) is 0. The van der Waals surface area contributed by atoms with Crippen LogP contribution in [0, 0.1) is 0 Å². The molecule has 0 radical (unpaired) electrons. The van der Waals surface area contributed by atoms with E-state index >= 15 is 0 Å². The zero-order valence-electron chi connectivity index (χ0n) is 10.4. The summed E-state index contributed by atoms with van der Waals surface area (Å²) in [4.78, 5) is 12.7. The number of nitrogens with one attached hydrogen (secondary N) is 1. The zero-order valence-corrected chi connectivity index (χ0v) is 11.2. The number of carbonyl (C=O) groups excluding carboxylic acids is 1. The average Bonchev–Trinajstić information content (AvgIpc) is 2.89. The van der Waals surface area contributed by atoms with Crippen LogP contribution >= 0.6 is 11.3 Å². The summed E-state index contributed by atoms with van der Waals surface area (Å²) >= 11 is 1.51. The maximum Gasteiger partial charge on any atom is 0.416 e. The Hall–Kier alpha value is -1.82. The molecule has 1 aromatic heterocycles. The lowest BCUT2D eigenvalue weighted by Gasteiger charge is -2.09. The fourth-order valence-corrected chi connectivity index (χ4v) is 2.35. The molecular weight excluding hydrogens is 287 g/mol. The van der Waals surface area contributed by atoms with E-state index in [4.69, 9.17) is 0 Å². The number of hydrogen-bond acceptors (Lipinski definition) is 2. The summed E-state index contributed by atoms with van der Waals surface area (Å²) in [5.74, 6) is -0.294. The molecule has 0 bridgehead atoms. The Morgan fingerprint density at radius 1 is 1.20 bits per heavy atom. The highest BCUT2D eigenvalue weighted by molar-refractivity contribution is 7.09. The molecule has 20 heavy (non-hydrogen) atoms. The average molecular weight is 299 g/mol. The van der Waals surface area contributed by atoms with E-state index < -0.39 is 11.7 Å². The Morgan fingerprint density at radius 3 is 2.65 bits per heavy atom. The van der Waals surface area contributed by atoms with E-state index in [0.29, 0.717) is 12.1 Å². The van der Waals surface area contributed by atoms with Gasteiger partial charge in [-0.1, -0.05) is 24.3 Å². The van der Waals surface area contributed by atoms with Crippen LogP contribution in [0.25, 0.3) is 0 Å². The van der Waals surface area contributed by atoms with E-state index in [1.54, 1.807) is 0 Å². The zero-order chi connectivity index (χ0) is 14.6. The molecule has 0 atom stereocenters. The van der Waals surface area contributed by atoms with Crippen molar-refractivity contribution in [3.05, 3.63) is 57.8 Å². The third-order valence-electron chi connectivity index (χ3n) is 2.66. The number of alkyl halides is 3. The topological polar surface area (TPSA) is 29.1 Å². The summed E-state index contributed by atoms with van der Waals surface area (Å²) in [6.45, 7) is 0.398. The SMILES string of the molecule is O=C(Cc1cccc(C(F)(F)F)c1)NCc1cccs1. The molecule has 1 amide bonds. The van der Waals surface area contributed by atoms with Gasteiger partial charge in [-0.3, -0.25) is 4.79 Å². The second-order valence-corrected chi connectivity index (χ2v) is 5.26. The summed E-state index contributed by atoms with van der Waals surface area (Å²) in [6, 6.07) is 8.58. The minimum absolute atomic E-state index is 0.0602. The first-order valence-electron chi connectivity index (χ1n) is 5.90. The van der Waals surface area contributed by atoms with Gasteiger partial charge in [0.2, 0.25) is 5.91 Å². The first kappa shape index (κ1) is 14.6. The van der Waals surface area contributed by atoms with Crippen molar-refractivity contribution in [1.29, 1.82) is 0 Å². The maximum atomic E-state index is 12.5. The summed E-state index contributed by atoms with van der Waals surface area (Å²) in [6.07, 6.45) is -4.45. The molecule has 2 rings (SSSR count). The molecule has 0 aliphatic rings. The van der Waals surface area contributed by atoms with Crippen LogP contribution in [0.2, 0.25) is 0 Å². The number of carbonyl (C=O) groups is 1. The van der Waals surface area contributed by atoms with E-state index in [2.05, 4.69) is 5.32 Å². The van der Waals surface area contributed by atoms with Gasteiger partial charge in [-0.15, -0.1) is 11.3 Å². The molecule has 6 heteroatoms. The largest absolute Gasteiger partial charge is 0.416 e. The van der Waals surface area contributed by atoms with Crippen molar-refractivity contribution in [3.63, 3.8) is 0 Å². The Bertz CT molecular complexity index is 578. The molecule has 0 unspecified atom stereocenters. The van der Waals surface area contributed by atoms with Crippen LogP contribution in [0.4, 0.5) is 13.2 Å². The molecule has 106 valence electrons. The van der Waals surface area contributed by atoms with Gasteiger partial charge in [-0.05, 0) is 23.1 Å². The fraction of sp³-hybridized carbons (Fsp3) is 0.214. The van der Waals surface area contributed by atoms with E-state index in [1.807, 2.05) is 17.5 Å². The molecule has 0 saturated heterocycles. The van der Waals surface area contributed by atoms with Gasteiger partial charge in [0.05, 0.1) is 18.5 Å². The predicted molar refractivity (Wildman–Crippen MR) is 71.3 cm³/mol. The molecule has 0 aliphatic carbocycles. The second-order valence-electron chi connectivity index (χ2n) is 4.23. The van der Waals surface area contributed by atoms with Gasteiger partial charge in [0.1, 0.15) is 0 Å². The number of thiophene rings is 1. The first-order chi connectivity index (χ1) is 9.45. The van der Waals surface area contributed by atoms with Crippen molar-refractivity contribution < 1.29 is 18.0 Å². The Morgan fingerprint density at radius 2 is 2.00 bits per heavy atom. The number of amides is 1. The monoisotopic (exact) mass is 299 g/mol. The molecule has 2 aromatic rings. The van der Waals surface area contributed by atoms with Gasteiger partial charge in [-0.2, -0.15) is 13.2 Å². The van der Waals surface area contributed by atoms with Crippen LogP contribution in [0.15, 0.2) is 41.8 Å². The second kappa shape index (κ2) is 6.09. The van der Waals surface area contributed by atoms with E-state index in [-0.39, 0.29) is 12.3 Å². The molecule has 1 heterocycles. The Labute approximate surface area is 118 Å². The van der Waals surface area contributed by atoms with Gasteiger partial charge < -0.3 is 5.32 Å². The Balaban J connectivity index is 1.94. The van der Waals surface area contributed by atoms with Crippen molar-refractivity contribution in [1.82, 2.24) is 5.32 Å². The highest BCUT2D eigenvalue weighted by Crippen LogP contribution is 2.29. The minimum Gasteiger partial charge on any atom is -0.351 e. The molecular formula is C14H12F3NOS. The molecule has 1 N–H and O–H groups in total. The molecule has 1 aromatic carbocycles. The van der Waals surface area contributed by atoms with Crippen LogP contribution in [-0.4, -0.2) is 5.91 Å². The van der Waals surface area contributed by atoms with Crippen LogP contribution < -0.4 is 5.32 Å². The predicted octanol–water partition coefficient (Wildman–Crippen LogP) is 3.63. The van der Waals surface area contributed by atoms with Gasteiger partial charge in [0.25, 0.3) is 0 Å². The number of halogens is 3. The van der Waals surface area contributed by atoms with Crippen molar-refractivity contribution in [2.45, 2.75) is 19.1 Å². The van der Waals surface area contributed by atoms with E-state index in [0.717, 1.165) is 17.0 Å². The van der Waals surface area contributed by atoms with Gasteiger partial charge in [0, 0.05) is 4.88 Å². The van der Waals surface area contributed by atoms with Gasteiger partial charge >= 0.3 is 6.18 Å². The smallest absolute Gasteiger partial charge is 0.351 e. The Kier molecular flexibility index (Phi) is 4.44. The van der Waals surface area contributed by atoms with Crippen molar-refractivity contribution in [2.24, 2.45) is 0 Å². The molecule has 2 nitrogen and oxygen atoms in total. The van der Waals surface area contributed by atoms with Gasteiger partial charge in [-0.25, -0.2) is 0 Å². The number of benzene rings is 1. The standard InChI is InChI=1S/C14H12F3NOS/c15-14(16,17)11-4-1-3-10(7-11)8-13(19)18-9-12-5-2-6-20-12/h1-7H,8-9H2,(H,18,19). The van der Waals surface area contributed by atoms with Crippen LogP contribution in [0.1, 0.15) is 16.0 Å². The molecule has 0 fully saturated rings. The van der Waals surface area contributed by atoms with Crippen LogP contribution in [-0.2, 0) is 23.9 Å². The molecule has 0 saturated carbocycles. The van der Waals surface area contributed by atoms with Crippen LogP contribution in [0.5, 0.6) is 0 Å². The number of hydrogen-bond donors (Lipinski definition) is 1. The van der Waals surface area contributed by atoms with E-state index in [9.17, 15) is 18.0 Å². The lowest BCUT2D eigenvalue weighted by Crippen LogP contribution is -2.24. The normalized spacial score (nSPS) is 11.3. The quantitative estimate of drug-likeness (QED) is 0.918. The maximum absolute atomic E-state index is 12.5. The highest BCUT2D eigenvalue weighted by Gasteiger charge is 2.30. The summed E-state index contributed by atoms with van der Waals surface area (Å²) in [5, 5.41) is 4.58. The van der Waals surface area contributed by atoms with E-state index in [1.165, 1.54) is 23.5 Å². The highest BCUT2D eigenvalue weighted by atomic mass is 32.1. The fourth-order valence-electron chi connectivity index (χ4n) is 1.70. The third kappa shape index (κ3) is 4.09. The third-order valence-corrected chi connectivity index (χ3v) is 3.54. The molecule has 0 aliphatic heterocycles. The van der Waals surface area contributed by atoms with Crippen LogP contribution in [0.3, 0.4) is 0 Å². The van der Waals surface area contributed by atoms with Gasteiger partial charge in [0.15, 0.2) is 0 Å². The van der Waals surface area contributed by atoms with Crippen molar-refractivity contribution in [2.75, 3.05) is 0 Å². The first-order valence-corrected chi connectivity index (χ1v) is 6.78. The van der Waals surface area contributed by atoms with Crippen molar-refractivity contribution >= 4 is 17.2 Å². The lowest BCUT2D eigenvalue weighted by atomic mass is 10.1. The molecule has 0 spiro atoms. The summed E-state index contributed by atoms with van der Waals surface area (Å²) in [5.41, 5.74) is -0.385.